The van der Waals surface area contributed by atoms with Crippen LogP contribution < -0.4 is 15.6 Å². The molecule has 7 nitrogen and oxygen atoms in total. The van der Waals surface area contributed by atoms with Crippen molar-refractivity contribution in [1.29, 1.82) is 0 Å². The molecule has 1 aliphatic carbocycles. The van der Waals surface area contributed by atoms with Crippen molar-refractivity contribution in [2.45, 2.75) is 0 Å². The zero-order chi connectivity index (χ0) is 17.7. The average Bonchev–Trinajstić information content (AvgIpc) is 2.55. The summed E-state index contributed by atoms with van der Waals surface area (Å²) >= 11 is 0. The van der Waals surface area contributed by atoms with Crippen LogP contribution in [0, 0.1) is 0 Å². The molecule has 1 aliphatic rings. The molecule has 1 aromatic carbocycles. The second-order valence-electron chi connectivity index (χ2n) is 4.89. The summed E-state index contributed by atoms with van der Waals surface area (Å²) in [5.41, 5.74) is 5.63. The van der Waals surface area contributed by atoms with Crippen molar-refractivity contribution in [3.8, 4) is 5.75 Å². The SMILES string of the molecule is COC1=CC(=NS(C)(=O)=O)C(Oc2ccccc2)=CC1=C([O-])CN. The Labute approximate surface area is 140 Å². The minimum absolute atomic E-state index is 0.0341. The second-order valence-corrected chi connectivity index (χ2v) is 6.54. The van der Waals surface area contributed by atoms with Crippen LogP contribution in [0.25, 0.3) is 0 Å². The molecule has 0 spiro atoms. The lowest BCUT2D eigenvalue weighted by atomic mass is 10.0. The number of methoxy groups -OCH3 is 1. The molecular formula is C16H17N2O5S-. The van der Waals surface area contributed by atoms with Crippen LogP contribution in [0.5, 0.6) is 5.75 Å². The minimum Gasteiger partial charge on any atom is -0.874 e. The monoisotopic (exact) mass is 349 g/mol. The summed E-state index contributed by atoms with van der Waals surface area (Å²) in [5, 5.41) is 12.0. The van der Waals surface area contributed by atoms with Gasteiger partial charge in [-0.25, -0.2) is 8.42 Å². The highest BCUT2D eigenvalue weighted by molar-refractivity contribution is 7.89. The number of hydrogen-bond donors (Lipinski definition) is 1. The number of sulfonamides is 1. The standard InChI is InChI=1S/C16H18N2O5S/c1-22-15-9-13(18-24(2,20)21)16(8-12(15)14(19)10-17)23-11-6-4-3-5-7-11/h3-9,19H,10,17H2,1-2H3/p-1. The Morgan fingerprint density at radius 3 is 2.42 bits per heavy atom. The minimum atomic E-state index is -3.68. The number of allylic oxidation sites excluding steroid dienone is 2. The summed E-state index contributed by atoms with van der Waals surface area (Å²) in [6.07, 6.45) is 3.68. The zero-order valence-corrected chi connectivity index (χ0v) is 14.0. The highest BCUT2D eigenvalue weighted by Crippen LogP contribution is 2.26. The van der Waals surface area contributed by atoms with Crippen LogP contribution >= 0.6 is 0 Å². The number of ether oxygens (including phenoxy) is 2. The molecule has 0 aromatic heterocycles. The van der Waals surface area contributed by atoms with Crippen LogP contribution in [-0.2, 0) is 14.8 Å². The van der Waals surface area contributed by atoms with E-state index in [1.165, 1.54) is 19.3 Å². The third-order valence-corrected chi connectivity index (χ3v) is 3.53. The van der Waals surface area contributed by atoms with E-state index in [1.807, 2.05) is 6.07 Å². The van der Waals surface area contributed by atoms with E-state index < -0.39 is 10.0 Å². The third kappa shape index (κ3) is 4.46. The molecule has 0 fully saturated rings. The molecule has 24 heavy (non-hydrogen) atoms. The summed E-state index contributed by atoms with van der Waals surface area (Å²) in [6, 6.07) is 8.72. The zero-order valence-electron chi connectivity index (χ0n) is 13.2. The smallest absolute Gasteiger partial charge is 0.250 e. The number of nitrogens with two attached hydrogens (primary N) is 1. The van der Waals surface area contributed by atoms with E-state index in [0.717, 1.165) is 6.26 Å². The molecule has 0 atom stereocenters. The van der Waals surface area contributed by atoms with Gasteiger partial charge in [-0.2, -0.15) is 4.40 Å². The lowest BCUT2D eigenvalue weighted by Crippen LogP contribution is -2.22. The molecule has 2 N–H and O–H groups in total. The Balaban J connectivity index is 2.56. The maximum Gasteiger partial charge on any atom is 0.250 e. The molecule has 8 heteroatoms. The average molecular weight is 349 g/mol. The molecule has 0 amide bonds. The number of nitrogens with zero attached hydrogens (tertiary/aromatic N) is 1. The Hall–Kier alpha value is -2.58. The molecule has 0 heterocycles. The van der Waals surface area contributed by atoms with Crippen molar-refractivity contribution in [3.63, 3.8) is 0 Å². The van der Waals surface area contributed by atoms with Crippen molar-refractivity contribution in [3.05, 3.63) is 65.3 Å². The van der Waals surface area contributed by atoms with Crippen LogP contribution in [0.4, 0.5) is 0 Å². The highest BCUT2D eigenvalue weighted by atomic mass is 32.2. The van der Waals surface area contributed by atoms with E-state index in [1.54, 1.807) is 24.3 Å². The van der Waals surface area contributed by atoms with E-state index in [9.17, 15) is 13.5 Å². The van der Waals surface area contributed by atoms with E-state index in [4.69, 9.17) is 15.2 Å². The summed E-state index contributed by atoms with van der Waals surface area (Å²) in [7, 11) is -2.31. The van der Waals surface area contributed by atoms with E-state index in [2.05, 4.69) is 4.40 Å². The second kappa shape index (κ2) is 7.33. The van der Waals surface area contributed by atoms with E-state index in [0.29, 0.717) is 5.75 Å². The van der Waals surface area contributed by atoms with Gasteiger partial charge in [-0.05, 0) is 18.2 Å². The Bertz CT molecular complexity index is 836. The molecule has 0 bridgehead atoms. The Morgan fingerprint density at radius 1 is 1.21 bits per heavy atom. The van der Waals surface area contributed by atoms with Gasteiger partial charge in [0.05, 0.1) is 13.4 Å². The van der Waals surface area contributed by atoms with E-state index >= 15 is 0 Å². The molecule has 1 aromatic rings. The first-order chi connectivity index (χ1) is 11.3. The summed E-state index contributed by atoms with van der Waals surface area (Å²) < 4.78 is 37.5. The first kappa shape index (κ1) is 17.8. The lowest BCUT2D eigenvalue weighted by Gasteiger charge is -2.22. The number of hydrogen-bond acceptors (Lipinski definition) is 6. The maximum absolute atomic E-state index is 12.0. The molecular weight excluding hydrogens is 332 g/mol. The predicted molar refractivity (Wildman–Crippen MR) is 88.6 cm³/mol. The van der Waals surface area contributed by atoms with Gasteiger partial charge in [-0.1, -0.05) is 18.2 Å². The lowest BCUT2D eigenvalue weighted by molar-refractivity contribution is -0.304. The maximum atomic E-state index is 12.0. The van der Waals surface area contributed by atoms with Gasteiger partial charge in [0.2, 0.25) is 0 Å². The summed E-state index contributed by atoms with van der Waals surface area (Å²) in [5.74, 6) is 0.395. The Kier molecular flexibility index (Phi) is 5.42. The van der Waals surface area contributed by atoms with Crippen LogP contribution in [0.2, 0.25) is 0 Å². The van der Waals surface area contributed by atoms with Gasteiger partial charge in [-0.3, -0.25) is 0 Å². The molecule has 2 rings (SSSR count). The fourth-order valence-corrected chi connectivity index (χ4v) is 2.49. The van der Waals surface area contributed by atoms with E-state index in [-0.39, 0.29) is 35.1 Å². The van der Waals surface area contributed by atoms with Crippen molar-refractivity contribution in [2.24, 2.45) is 10.1 Å². The van der Waals surface area contributed by atoms with Gasteiger partial charge >= 0.3 is 0 Å². The van der Waals surface area contributed by atoms with Crippen LogP contribution in [0.3, 0.4) is 0 Å². The summed E-state index contributed by atoms with van der Waals surface area (Å²) in [4.78, 5) is 0. The topological polar surface area (TPSA) is 114 Å². The van der Waals surface area contributed by atoms with Gasteiger partial charge in [0.15, 0.2) is 5.76 Å². The third-order valence-electron chi connectivity index (χ3n) is 3.00. The van der Waals surface area contributed by atoms with Crippen molar-refractivity contribution in [1.82, 2.24) is 0 Å². The molecule has 0 aliphatic heterocycles. The predicted octanol–water partition coefficient (Wildman–Crippen LogP) is 0.467. The quantitative estimate of drug-likeness (QED) is 0.773. The number of para-hydroxylation sites is 1. The molecule has 0 unspecified atom stereocenters. The first-order valence-corrected chi connectivity index (χ1v) is 8.80. The van der Waals surface area contributed by atoms with Crippen molar-refractivity contribution < 1.29 is 23.0 Å². The number of rotatable bonds is 5. The Morgan fingerprint density at radius 2 is 1.88 bits per heavy atom. The fraction of sp³-hybridized carbons (Fsp3) is 0.188. The first-order valence-electron chi connectivity index (χ1n) is 6.95. The van der Waals surface area contributed by atoms with Crippen molar-refractivity contribution in [2.75, 3.05) is 19.9 Å². The molecule has 0 radical (unpaired) electrons. The fourth-order valence-electron chi connectivity index (χ4n) is 1.99. The normalized spacial score (nSPS) is 18.7. The molecule has 0 saturated carbocycles. The van der Waals surface area contributed by atoms with Gasteiger partial charge in [0.25, 0.3) is 10.0 Å². The van der Waals surface area contributed by atoms with Crippen LogP contribution in [0.15, 0.2) is 69.7 Å². The van der Waals surface area contributed by atoms with Gasteiger partial charge < -0.3 is 20.3 Å². The van der Waals surface area contributed by atoms with Gasteiger partial charge in [0, 0.05) is 18.2 Å². The van der Waals surface area contributed by atoms with Gasteiger partial charge in [-0.15, -0.1) is 5.76 Å². The van der Waals surface area contributed by atoms with Crippen molar-refractivity contribution >= 4 is 15.7 Å². The highest BCUT2D eigenvalue weighted by Gasteiger charge is 2.21. The largest absolute Gasteiger partial charge is 0.874 e. The molecule has 128 valence electrons. The summed E-state index contributed by atoms with van der Waals surface area (Å²) in [6.45, 7) is -0.219. The van der Waals surface area contributed by atoms with Crippen LogP contribution in [0.1, 0.15) is 0 Å². The van der Waals surface area contributed by atoms with Gasteiger partial charge in [0.1, 0.15) is 17.2 Å². The van der Waals surface area contributed by atoms with Crippen LogP contribution in [-0.4, -0.2) is 34.0 Å². The molecule has 0 saturated heterocycles. The number of benzene rings is 1.